The van der Waals surface area contributed by atoms with Crippen molar-refractivity contribution in [1.29, 1.82) is 0 Å². The van der Waals surface area contributed by atoms with Gasteiger partial charge in [0.15, 0.2) is 0 Å². The molecule has 0 aromatic heterocycles. The third kappa shape index (κ3) is 2.81. The molecule has 1 fully saturated rings. The van der Waals surface area contributed by atoms with Crippen molar-refractivity contribution >= 4 is 5.91 Å². The molecule has 1 rings (SSSR count). The molecule has 0 aliphatic carbocycles. The highest BCUT2D eigenvalue weighted by atomic mass is 16.2. The van der Waals surface area contributed by atoms with E-state index in [2.05, 4.69) is 12.2 Å². The van der Waals surface area contributed by atoms with Crippen LogP contribution in [0.25, 0.3) is 0 Å². The molecule has 1 N–H and O–H groups in total. The van der Waals surface area contributed by atoms with Gasteiger partial charge in [-0.05, 0) is 6.42 Å². The molecular weight excluding hydrogens is 152 g/mol. The first-order valence-electron chi connectivity index (χ1n) is 4.62. The number of carbonyl (C=O) groups is 1. The van der Waals surface area contributed by atoms with E-state index >= 15 is 0 Å². The quantitative estimate of drug-likeness (QED) is 0.664. The number of hydrogen-bond donors (Lipinski definition) is 1. The number of unbranched alkanes of at least 4 members (excludes halogenated alkanes) is 1. The lowest BCUT2D eigenvalue weighted by atomic mass is 10.2. The summed E-state index contributed by atoms with van der Waals surface area (Å²) >= 11 is 0. The monoisotopic (exact) mass is 169 g/mol. The molecule has 1 aliphatic heterocycles. The van der Waals surface area contributed by atoms with Gasteiger partial charge in [0, 0.05) is 32.6 Å². The fourth-order valence-electron chi connectivity index (χ4n) is 1.35. The molecule has 69 valence electrons. The summed E-state index contributed by atoms with van der Waals surface area (Å²) in [5, 5.41) is 3.22. The molecular formula is C9H17N2O. The minimum Gasteiger partial charge on any atom is -0.340 e. The van der Waals surface area contributed by atoms with E-state index in [1.54, 1.807) is 0 Å². The fraction of sp³-hybridized carbons (Fsp3) is 0.778. The van der Waals surface area contributed by atoms with Crippen LogP contribution in [0.2, 0.25) is 0 Å². The lowest BCUT2D eigenvalue weighted by Crippen LogP contribution is -2.46. The summed E-state index contributed by atoms with van der Waals surface area (Å²) in [6.07, 6.45) is 2.45. The Morgan fingerprint density at radius 2 is 2.08 bits per heavy atom. The summed E-state index contributed by atoms with van der Waals surface area (Å²) in [5.41, 5.74) is 0. The Balaban J connectivity index is 2.20. The van der Waals surface area contributed by atoms with E-state index in [0.717, 1.165) is 39.0 Å². The topological polar surface area (TPSA) is 32.3 Å². The Morgan fingerprint density at radius 3 is 2.67 bits per heavy atom. The van der Waals surface area contributed by atoms with E-state index < -0.39 is 0 Å². The summed E-state index contributed by atoms with van der Waals surface area (Å²) in [6.45, 7) is 7.34. The van der Waals surface area contributed by atoms with Gasteiger partial charge in [0.25, 0.3) is 0 Å². The number of hydrogen-bond acceptors (Lipinski definition) is 2. The molecule has 1 radical (unpaired) electrons. The van der Waals surface area contributed by atoms with Crippen molar-refractivity contribution < 1.29 is 4.79 Å². The van der Waals surface area contributed by atoms with Crippen molar-refractivity contribution in [2.24, 2.45) is 0 Å². The molecule has 1 aliphatic rings. The van der Waals surface area contributed by atoms with Crippen LogP contribution in [0.4, 0.5) is 0 Å². The number of nitrogens with zero attached hydrogens (tertiary/aromatic N) is 1. The van der Waals surface area contributed by atoms with Crippen LogP contribution >= 0.6 is 0 Å². The maximum Gasteiger partial charge on any atom is 0.222 e. The van der Waals surface area contributed by atoms with E-state index in [-0.39, 0.29) is 0 Å². The van der Waals surface area contributed by atoms with Crippen LogP contribution in [-0.4, -0.2) is 37.0 Å². The molecule has 3 heteroatoms. The standard InChI is InChI=1S/C9H17N2O/c1-2-3-4-9(12)11-7-5-10-6-8-11/h10H,1-8H2. The van der Waals surface area contributed by atoms with Crippen molar-refractivity contribution in [3.8, 4) is 0 Å². The molecule has 0 aromatic carbocycles. The van der Waals surface area contributed by atoms with Crippen LogP contribution < -0.4 is 5.32 Å². The van der Waals surface area contributed by atoms with Gasteiger partial charge in [-0.25, -0.2) is 0 Å². The molecule has 0 aromatic rings. The van der Waals surface area contributed by atoms with Gasteiger partial charge in [-0.15, -0.1) is 0 Å². The first kappa shape index (κ1) is 9.52. The van der Waals surface area contributed by atoms with Crippen LogP contribution in [0.15, 0.2) is 0 Å². The molecule has 1 saturated heterocycles. The van der Waals surface area contributed by atoms with Crippen LogP contribution in [-0.2, 0) is 4.79 Å². The molecule has 0 saturated carbocycles. The van der Waals surface area contributed by atoms with Crippen LogP contribution in [0.5, 0.6) is 0 Å². The van der Waals surface area contributed by atoms with E-state index in [4.69, 9.17) is 0 Å². The van der Waals surface area contributed by atoms with E-state index in [1.165, 1.54) is 0 Å². The molecule has 3 nitrogen and oxygen atoms in total. The van der Waals surface area contributed by atoms with Crippen molar-refractivity contribution in [3.05, 3.63) is 6.92 Å². The SMILES string of the molecule is [CH2]CCCC(=O)N1CCNCC1. The highest BCUT2D eigenvalue weighted by molar-refractivity contribution is 5.76. The van der Waals surface area contributed by atoms with Crippen LogP contribution in [0.1, 0.15) is 19.3 Å². The zero-order valence-electron chi connectivity index (χ0n) is 7.51. The maximum atomic E-state index is 11.4. The molecule has 12 heavy (non-hydrogen) atoms. The smallest absolute Gasteiger partial charge is 0.222 e. The lowest BCUT2D eigenvalue weighted by Gasteiger charge is -2.27. The van der Waals surface area contributed by atoms with Gasteiger partial charge in [0.1, 0.15) is 0 Å². The highest BCUT2D eigenvalue weighted by Gasteiger charge is 2.14. The minimum atomic E-state index is 0.292. The van der Waals surface area contributed by atoms with Gasteiger partial charge in [-0.1, -0.05) is 13.3 Å². The molecule has 1 amide bonds. The summed E-state index contributed by atoms with van der Waals surface area (Å²) in [5.74, 6) is 0.292. The van der Waals surface area contributed by atoms with Gasteiger partial charge in [-0.2, -0.15) is 0 Å². The lowest BCUT2D eigenvalue weighted by molar-refractivity contribution is -0.131. The molecule has 0 bridgehead atoms. The second-order valence-electron chi connectivity index (χ2n) is 3.09. The summed E-state index contributed by atoms with van der Waals surface area (Å²) in [7, 11) is 0. The van der Waals surface area contributed by atoms with Crippen molar-refractivity contribution in [3.63, 3.8) is 0 Å². The van der Waals surface area contributed by atoms with Gasteiger partial charge < -0.3 is 10.2 Å². The Morgan fingerprint density at radius 1 is 1.42 bits per heavy atom. The molecule has 1 heterocycles. The van der Waals surface area contributed by atoms with Gasteiger partial charge in [-0.3, -0.25) is 4.79 Å². The Hall–Kier alpha value is -0.570. The summed E-state index contributed by atoms with van der Waals surface area (Å²) in [6, 6.07) is 0. The minimum absolute atomic E-state index is 0.292. The van der Waals surface area contributed by atoms with E-state index in [0.29, 0.717) is 12.3 Å². The number of nitrogens with one attached hydrogen (secondary N) is 1. The van der Waals surface area contributed by atoms with Crippen LogP contribution in [0.3, 0.4) is 0 Å². The molecule has 0 unspecified atom stereocenters. The van der Waals surface area contributed by atoms with Gasteiger partial charge in [0.2, 0.25) is 5.91 Å². The van der Waals surface area contributed by atoms with Gasteiger partial charge in [0.05, 0.1) is 0 Å². The second kappa shape index (κ2) is 5.14. The molecule has 0 spiro atoms. The summed E-state index contributed by atoms with van der Waals surface area (Å²) in [4.78, 5) is 13.4. The third-order valence-corrected chi connectivity index (χ3v) is 2.11. The van der Waals surface area contributed by atoms with Crippen molar-refractivity contribution in [2.45, 2.75) is 19.3 Å². The Bertz CT molecular complexity index is 141. The average Bonchev–Trinajstić information content (AvgIpc) is 2.15. The summed E-state index contributed by atoms with van der Waals surface area (Å²) < 4.78 is 0. The van der Waals surface area contributed by atoms with E-state index in [9.17, 15) is 4.79 Å². The third-order valence-electron chi connectivity index (χ3n) is 2.11. The first-order valence-corrected chi connectivity index (χ1v) is 4.62. The largest absolute Gasteiger partial charge is 0.340 e. The zero-order chi connectivity index (χ0) is 8.81. The number of carbonyl (C=O) groups excluding carboxylic acids is 1. The maximum absolute atomic E-state index is 11.4. The van der Waals surface area contributed by atoms with E-state index in [1.807, 2.05) is 4.90 Å². The number of rotatable bonds is 3. The second-order valence-corrected chi connectivity index (χ2v) is 3.09. The predicted octanol–water partition coefficient (Wildman–Crippen LogP) is 0.423. The van der Waals surface area contributed by atoms with Crippen molar-refractivity contribution in [1.82, 2.24) is 10.2 Å². The first-order chi connectivity index (χ1) is 5.84. The molecule has 0 atom stereocenters. The number of amides is 1. The number of piperazine rings is 1. The highest BCUT2D eigenvalue weighted by Crippen LogP contribution is 2.01. The average molecular weight is 169 g/mol. The zero-order valence-corrected chi connectivity index (χ0v) is 7.51. The van der Waals surface area contributed by atoms with Crippen molar-refractivity contribution in [2.75, 3.05) is 26.2 Å². The normalized spacial score (nSPS) is 17.9. The Kier molecular flexibility index (Phi) is 4.08. The van der Waals surface area contributed by atoms with Crippen LogP contribution in [0, 0.1) is 6.92 Å². The predicted molar refractivity (Wildman–Crippen MR) is 48.7 cm³/mol. The Labute approximate surface area is 74.1 Å². The fourth-order valence-corrected chi connectivity index (χ4v) is 1.35. The van der Waals surface area contributed by atoms with Gasteiger partial charge >= 0.3 is 0 Å².